The van der Waals surface area contributed by atoms with Crippen molar-refractivity contribution in [1.82, 2.24) is 10.2 Å². The molecule has 1 aromatic heterocycles. The van der Waals surface area contributed by atoms with E-state index in [9.17, 15) is 0 Å². The van der Waals surface area contributed by atoms with Crippen molar-refractivity contribution in [3.63, 3.8) is 0 Å². The van der Waals surface area contributed by atoms with E-state index in [1.54, 1.807) is 6.20 Å². The lowest BCUT2D eigenvalue weighted by Crippen LogP contribution is -2.04. The fourth-order valence-electron chi connectivity index (χ4n) is 1.20. The summed E-state index contributed by atoms with van der Waals surface area (Å²) < 4.78 is 0. The maximum absolute atomic E-state index is 7.47. The Labute approximate surface area is 85.6 Å². The molecule has 5 heteroatoms. The van der Waals surface area contributed by atoms with Crippen molar-refractivity contribution in [3.05, 3.63) is 24.4 Å². The predicted molar refractivity (Wildman–Crippen MR) is 61.0 cm³/mol. The molecule has 0 aliphatic carbocycles. The fraction of sp³-hybridized carbons (Fsp3) is 0.111. The molecule has 2 rings (SSSR count). The molecule has 0 aliphatic rings. The number of anilines is 1. The van der Waals surface area contributed by atoms with E-state index in [2.05, 4.69) is 15.5 Å². The molecule has 0 saturated carbocycles. The first-order valence-electron chi connectivity index (χ1n) is 4.12. The SMILES string of the molecule is CSC(=N)Nc1ccc2cn[nH]c2c1. The van der Waals surface area contributed by atoms with E-state index >= 15 is 0 Å². The van der Waals surface area contributed by atoms with E-state index < -0.39 is 0 Å². The Morgan fingerprint density at radius 1 is 1.57 bits per heavy atom. The minimum absolute atomic E-state index is 0.434. The highest BCUT2D eigenvalue weighted by Crippen LogP contribution is 2.17. The van der Waals surface area contributed by atoms with Crippen molar-refractivity contribution in [3.8, 4) is 0 Å². The normalized spacial score (nSPS) is 10.4. The number of nitrogens with zero attached hydrogens (tertiary/aromatic N) is 1. The van der Waals surface area contributed by atoms with Crippen LogP contribution in [0.1, 0.15) is 0 Å². The number of nitrogens with one attached hydrogen (secondary N) is 3. The molecular weight excluding hydrogens is 196 g/mol. The van der Waals surface area contributed by atoms with E-state index in [1.807, 2.05) is 24.5 Å². The van der Waals surface area contributed by atoms with Crippen molar-refractivity contribution in [1.29, 1.82) is 5.41 Å². The number of aromatic nitrogens is 2. The van der Waals surface area contributed by atoms with Gasteiger partial charge < -0.3 is 5.32 Å². The van der Waals surface area contributed by atoms with E-state index in [-0.39, 0.29) is 0 Å². The number of aromatic amines is 1. The average Bonchev–Trinajstić information content (AvgIpc) is 2.64. The minimum Gasteiger partial charge on any atom is -0.335 e. The van der Waals surface area contributed by atoms with Crippen LogP contribution in [0.5, 0.6) is 0 Å². The Morgan fingerprint density at radius 2 is 2.43 bits per heavy atom. The molecule has 0 radical (unpaired) electrons. The molecule has 4 nitrogen and oxygen atoms in total. The Morgan fingerprint density at radius 3 is 3.21 bits per heavy atom. The van der Waals surface area contributed by atoms with E-state index in [1.165, 1.54) is 11.8 Å². The fourth-order valence-corrected chi connectivity index (χ4v) is 1.42. The maximum Gasteiger partial charge on any atom is 0.157 e. The lowest BCUT2D eigenvalue weighted by molar-refractivity contribution is 1.12. The summed E-state index contributed by atoms with van der Waals surface area (Å²) in [6.07, 6.45) is 3.64. The second-order valence-corrected chi connectivity index (χ2v) is 3.65. The highest BCUT2D eigenvalue weighted by molar-refractivity contribution is 8.13. The smallest absolute Gasteiger partial charge is 0.157 e. The molecule has 0 saturated heterocycles. The zero-order valence-electron chi connectivity index (χ0n) is 7.66. The van der Waals surface area contributed by atoms with Gasteiger partial charge in [-0.3, -0.25) is 10.5 Å². The molecule has 0 spiro atoms. The lowest BCUT2D eigenvalue weighted by Gasteiger charge is -2.04. The van der Waals surface area contributed by atoms with Crippen LogP contribution in [0.15, 0.2) is 24.4 Å². The topological polar surface area (TPSA) is 64.6 Å². The molecular formula is C9H10N4S. The van der Waals surface area contributed by atoms with Crippen molar-refractivity contribution in [2.45, 2.75) is 0 Å². The first-order chi connectivity index (χ1) is 6.79. The first-order valence-corrected chi connectivity index (χ1v) is 5.35. The van der Waals surface area contributed by atoms with E-state index in [0.717, 1.165) is 16.6 Å². The van der Waals surface area contributed by atoms with Crippen LogP contribution in [0.4, 0.5) is 5.69 Å². The number of hydrogen-bond donors (Lipinski definition) is 3. The summed E-state index contributed by atoms with van der Waals surface area (Å²) in [7, 11) is 0. The number of fused-ring (bicyclic) bond motifs is 1. The summed E-state index contributed by atoms with van der Waals surface area (Å²) in [5.41, 5.74) is 1.88. The highest BCUT2D eigenvalue weighted by atomic mass is 32.2. The molecule has 0 aliphatic heterocycles. The number of H-pyrrole nitrogens is 1. The molecule has 0 amide bonds. The van der Waals surface area contributed by atoms with Gasteiger partial charge in [-0.1, -0.05) is 11.8 Å². The molecule has 0 atom stereocenters. The van der Waals surface area contributed by atoms with Crippen molar-refractivity contribution >= 4 is 33.5 Å². The molecule has 0 unspecified atom stereocenters. The number of benzene rings is 1. The average molecular weight is 206 g/mol. The predicted octanol–water partition coefficient (Wildman–Crippen LogP) is 2.27. The van der Waals surface area contributed by atoms with Gasteiger partial charge in [-0.05, 0) is 24.5 Å². The van der Waals surface area contributed by atoms with Crippen molar-refractivity contribution in [2.24, 2.45) is 0 Å². The third-order valence-electron chi connectivity index (χ3n) is 1.90. The van der Waals surface area contributed by atoms with Gasteiger partial charge in [-0.2, -0.15) is 5.10 Å². The van der Waals surface area contributed by atoms with Gasteiger partial charge in [0.2, 0.25) is 0 Å². The first kappa shape index (κ1) is 9.08. The summed E-state index contributed by atoms with van der Waals surface area (Å²) in [6, 6.07) is 5.84. The van der Waals surface area contributed by atoms with Crippen molar-refractivity contribution in [2.75, 3.05) is 11.6 Å². The van der Waals surface area contributed by atoms with Crippen LogP contribution < -0.4 is 5.32 Å². The lowest BCUT2D eigenvalue weighted by atomic mass is 10.2. The number of thioether (sulfide) groups is 1. The van der Waals surface area contributed by atoms with Gasteiger partial charge in [-0.25, -0.2) is 0 Å². The highest BCUT2D eigenvalue weighted by Gasteiger charge is 1.99. The monoisotopic (exact) mass is 206 g/mol. The molecule has 0 bridgehead atoms. The Hall–Kier alpha value is -1.49. The van der Waals surface area contributed by atoms with Gasteiger partial charge in [0.05, 0.1) is 11.7 Å². The molecule has 3 N–H and O–H groups in total. The van der Waals surface area contributed by atoms with Gasteiger partial charge in [0.1, 0.15) is 0 Å². The van der Waals surface area contributed by atoms with Gasteiger partial charge in [-0.15, -0.1) is 0 Å². The van der Waals surface area contributed by atoms with Crippen LogP contribution in [0.25, 0.3) is 10.9 Å². The van der Waals surface area contributed by atoms with Crippen LogP contribution >= 0.6 is 11.8 Å². The minimum atomic E-state index is 0.434. The number of hydrogen-bond acceptors (Lipinski definition) is 3. The molecule has 0 fully saturated rings. The molecule has 2 aromatic rings. The van der Waals surface area contributed by atoms with E-state index in [0.29, 0.717) is 5.17 Å². The van der Waals surface area contributed by atoms with Crippen LogP contribution in [0.3, 0.4) is 0 Å². The summed E-state index contributed by atoms with van der Waals surface area (Å²) in [5, 5.41) is 18.8. The third-order valence-corrected chi connectivity index (χ3v) is 2.41. The summed E-state index contributed by atoms with van der Waals surface area (Å²) in [4.78, 5) is 0. The number of amidine groups is 1. The Kier molecular flexibility index (Phi) is 2.41. The zero-order chi connectivity index (χ0) is 9.97. The Bertz CT molecular complexity index is 463. The van der Waals surface area contributed by atoms with Gasteiger partial charge in [0, 0.05) is 11.1 Å². The molecule has 1 aromatic carbocycles. The molecule has 1 heterocycles. The summed E-state index contributed by atoms with van der Waals surface area (Å²) in [5.74, 6) is 0. The van der Waals surface area contributed by atoms with Crippen LogP contribution in [-0.4, -0.2) is 21.6 Å². The Balaban J connectivity index is 2.30. The molecule has 72 valence electrons. The summed E-state index contributed by atoms with van der Waals surface area (Å²) >= 11 is 1.37. The van der Waals surface area contributed by atoms with Gasteiger partial charge >= 0.3 is 0 Å². The largest absolute Gasteiger partial charge is 0.335 e. The van der Waals surface area contributed by atoms with E-state index in [4.69, 9.17) is 5.41 Å². The summed E-state index contributed by atoms with van der Waals surface area (Å²) in [6.45, 7) is 0. The van der Waals surface area contributed by atoms with Crippen LogP contribution in [0.2, 0.25) is 0 Å². The third kappa shape index (κ3) is 1.72. The molecule has 14 heavy (non-hydrogen) atoms. The van der Waals surface area contributed by atoms with Crippen molar-refractivity contribution < 1.29 is 0 Å². The van der Waals surface area contributed by atoms with Gasteiger partial charge in [0.15, 0.2) is 5.17 Å². The maximum atomic E-state index is 7.47. The van der Waals surface area contributed by atoms with Gasteiger partial charge in [0.25, 0.3) is 0 Å². The van der Waals surface area contributed by atoms with Crippen LogP contribution in [-0.2, 0) is 0 Å². The number of rotatable bonds is 1. The second kappa shape index (κ2) is 3.71. The quantitative estimate of drug-likeness (QED) is 0.495. The zero-order valence-corrected chi connectivity index (χ0v) is 8.48. The standard InChI is InChI=1S/C9H10N4S/c1-14-9(10)12-7-3-2-6-5-11-13-8(6)4-7/h2-5H,1H3,(H2,10,12)(H,11,13). The van der Waals surface area contributed by atoms with Crippen LogP contribution in [0, 0.1) is 5.41 Å². The second-order valence-electron chi connectivity index (χ2n) is 2.83.